The van der Waals surface area contributed by atoms with E-state index in [0.29, 0.717) is 17.0 Å². The summed E-state index contributed by atoms with van der Waals surface area (Å²) in [7, 11) is 0. The maximum absolute atomic E-state index is 12.3. The summed E-state index contributed by atoms with van der Waals surface area (Å²) in [6.07, 6.45) is 0.838. The number of carbonyl (C=O) groups is 2. The number of hydrogen-bond acceptors (Lipinski definition) is 3. The highest BCUT2D eigenvalue weighted by Crippen LogP contribution is 2.16. The van der Waals surface area contributed by atoms with Crippen molar-refractivity contribution in [1.82, 2.24) is 5.32 Å². The standard InChI is InChI=1S/C20H24N2O3/c1-4-15(3)21-20(24)17-10-5-6-11-18(17)22-19(23)13-25-16-9-7-8-14(2)12-16/h5-12,15H,4,13H2,1-3H3,(H,21,24)(H,22,23). The molecule has 0 aliphatic heterocycles. The molecule has 5 heteroatoms. The molecule has 2 rings (SSSR count). The Hall–Kier alpha value is -2.82. The fourth-order valence-electron chi connectivity index (χ4n) is 2.23. The minimum atomic E-state index is -0.315. The summed E-state index contributed by atoms with van der Waals surface area (Å²) in [5.41, 5.74) is 1.97. The monoisotopic (exact) mass is 340 g/mol. The lowest BCUT2D eigenvalue weighted by Crippen LogP contribution is -2.33. The molecule has 25 heavy (non-hydrogen) atoms. The van der Waals surface area contributed by atoms with Crippen molar-refractivity contribution in [2.45, 2.75) is 33.2 Å². The van der Waals surface area contributed by atoms with Crippen LogP contribution in [0.3, 0.4) is 0 Å². The Bertz CT molecular complexity index is 743. The van der Waals surface area contributed by atoms with Gasteiger partial charge in [0.1, 0.15) is 5.75 Å². The van der Waals surface area contributed by atoms with Crippen LogP contribution in [0.1, 0.15) is 36.2 Å². The van der Waals surface area contributed by atoms with E-state index in [4.69, 9.17) is 4.74 Å². The zero-order valence-corrected chi connectivity index (χ0v) is 14.8. The zero-order valence-electron chi connectivity index (χ0n) is 14.8. The number of anilines is 1. The molecule has 0 heterocycles. The van der Waals surface area contributed by atoms with Gasteiger partial charge in [0, 0.05) is 6.04 Å². The van der Waals surface area contributed by atoms with Crippen molar-refractivity contribution in [3.8, 4) is 5.75 Å². The maximum atomic E-state index is 12.3. The molecule has 2 N–H and O–H groups in total. The fraction of sp³-hybridized carbons (Fsp3) is 0.300. The second-order valence-electron chi connectivity index (χ2n) is 5.98. The van der Waals surface area contributed by atoms with Gasteiger partial charge in [-0.05, 0) is 50.1 Å². The van der Waals surface area contributed by atoms with Gasteiger partial charge in [0.15, 0.2) is 6.61 Å². The lowest BCUT2D eigenvalue weighted by molar-refractivity contribution is -0.118. The van der Waals surface area contributed by atoms with Crippen LogP contribution in [0.2, 0.25) is 0 Å². The predicted molar refractivity (Wildman–Crippen MR) is 99.0 cm³/mol. The minimum absolute atomic E-state index is 0.0703. The molecule has 0 spiro atoms. The summed E-state index contributed by atoms with van der Waals surface area (Å²) < 4.78 is 5.49. The lowest BCUT2D eigenvalue weighted by Gasteiger charge is -2.15. The van der Waals surface area contributed by atoms with Gasteiger partial charge in [-0.15, -0.1) is 0 Å². The Morgan fingerprint density at radius 3 is 2.60 bits per heavy atom. The number of carbonyl (C=O) groups excluding carboxylic acids is 2. The SMILES string of the molecule is CCC(C)NC(=O)c1ccccc1NC(=O)COc1cccc(C)c1. The first-order chi connectivity index (χ1) is 12.0. The highest BCUT2D eigenvalue weighted by Gasteiger charge is 2.14. The van der Waals surface area contributed by atoms with E-state index in [1.165, 1.54) is 0 Å². The van der Waals surface area contributed by atoms with E-state index < -0.39 is 0 Å². The Labute approximate surface area is 148 Å². The van der Waals surface area contributed by atoms with E-state index >= 15 is 0 Å². The number of amides is 2. The molecule has 0 radical (unpaired) electrons. The van der Waals surface area contributed by atoms with Gasteiger partial charge >= 0.3 is 0 Å². The maximum Gasteiger partial charge on any atom is 0.262 e. The number of benzene rings is 2. The van der Waals surface area contributed by atoms with E-state index in [9.17, 15) is 9.59 Å². The van der Waals surface area contributed by atoms with Crippen LogP contribution < -0.4 is 15.4 Å². The quantitative estimate of drug-likeness (QED) is 0.810. The van der Waals surface area contributed by atoms with Crippen LogP contribution in [0.15, 0.2) is 48.5 Å². The summed E-state index contributed by atoms with van der Waals surface area (Å²) >= 11 is 0. The summed E-state index contributed by atoms with van der Waals surface area (Å²) in [4.78, 5) is 24.5. The van der Waals surface area contributed by atoms with E-state index in [1.54, 1.807) is 30.3 Å². The first kappa shape index (κ1) is 18.5. The molecule has 1 unspecified atom stereocenters. The van der Waals surface area contributed by atoms with Crippen molar-refractivity contribution in [2.24, 2.45) is 0 Å². The van der Waals surface area contributed by atoms with E-state index in [1.807, 2.05) is 39.0 Å². The molecule has 5 nitrogen and oxygen atoms in total. The van der Waals surface area contributed by atoms with Crippen LogP contribution in [0, 0.1) is 6.92 Å². The average molecular weight is 340 g/mol. The molecule has 2 aromatic rings. The molecular formula is C20H24N2O3. The third-order valence-corrected chi connectivity index (χ3v) is 3.80. The summed E-state index contributed by atoms with van der Waals surface area (Å²) in [5, 5.41) is 5.64. The molecule has 132 valence electrons. The van der Waals surface area contributed by atoms with Gasteiger partial charge in [-0.1, -0.05) is 31.2 Å². The average Bonchev–Trinajstić information content (AvgIpc) is 2.60. The first-order valence-electron chi connectivity index (χ1n) is 8.38. The molecule has 2 aromatic carbocycles. The summed E-state index contributed by atoms with van der Waals surface area (Å²) in [6, 6.07) is 14.5. The van der Waals surface area contributed by atoms with Crippen molar-refractivity contribution >= 4 is 17.5 Å². The zero-order chi connectivity index (χ0) is 18.2. The van der Waals surface area contributed by atoms with Gasteiger partial charge in [0.2, 0.25) is 0 Å². The van der Waals surface area contributed by atoms with Gasteiger partial charge in [-0.25, -0.2) is 0 Å². The van der Waals surface area contributed by atoms with Crippen LogP contribution in [0.5, 0.6) is 5.75 Å². The summed E-state index contributed by atoms with van der Waals surface area (Å²) in [6.45, 7) is 5.78. The molecule has 1 atom stereocenters. The van der Waals surface area contributed by atoms with Crippen LogP contribution in [-0.4, -0.2) is 24.5 Å². The normalized spacial score (nSPS) is 11.5. The fourth-order valence-corrected chi connectivity index (χ4v) is 2.23. The number of hydrogen-bond donors (Lipinski definition) is 2. The minimum Gasteiger partial charge on any atom is -0.484 e. The number of para-hydroxylation sites is 1. The van der Waals surface area contributed by atoms with Crippen molar-refractivity contribution in [1.29, 1.82) is 0 Å². The Balaban J connectivity index is 1.99. The van der Waals surface area contributed by atoms with E-state index in [0.717, 1.165) is 12.0 Å². The second kappa shape index (κ2) is 8.87. The third kappa shape index (κ3) is 5.64. The van der Waals surface area contributed by atoms with Crippen molar-refractivity contribution in [2.75, 3.05) is 11.9 Å². The van der Waals surface area contributed by atoms with Gasteiger partial charge in [-0.3, -0.25) is 9.59 Å². The highest BCUT2D eigenvalue weighted by molar-refractivity contribution is 6.04. The first-order valence-corrected chi connectivity index (χ1v) is 8.38. The smallest absolute Gasteiger partial charge is 0.262 e. The largest absolute Gasteiger partial charge is 0.484 e. The van der Waals surface area contributed by atoms with Crippen LogP contribution in [-0.2, 0) is 4.79 Å². The number of aryl methyl sites for hydroxylation is 1. The van der Waals surface area contributed by atoms with Crippen molar-refractivity contribution in [3.05, 3.63) is 59.7 Å². The predicted octanol–water partition coefficient (Wildman–Crippen LogP) is 3.54. The Morgan fingerprint density at radius 2 is 1.88 bits per heavy atom. The topological polar surface area (TPSA) is 67.4 Å². The van der Waals surface area contributed by atoms with Gasteiger partial charge in [0.25, 0.3) is 11.8 Å². The van der Waals surface area contributed by atoms with Gasteiger partial charge in [0.05, 0.1) is 11.3 Å². The second-order valence-corrected chi connectivity index (χ2v) is 5.98. The van der Waals surface area contributed by atoms with E-state index in [-0.39, 0.29) is 24.5 Å². The molecule has 0 saturated heterocycles. The third-order valence-electron chi connectivity index (χ3n) is 3.80. The molecule has 0 aliphatic carbocycles. The van der Waals surface area contributed by atoms with Crippen LogP contribution in [0.25, 0.3) is 0 Å². The molecule has 0 aliphatic rings. The lowest BCUT2D eigenvalue weighted by atomic mass is 10.1. The number of nitrogens with one attached hydrogen (secondary N) is 2. The molecule has 0 saturated carbocycles. The van der Waals surface area contributed by atoms with Crippen molar-refractivity contribution in [3.63, 3.8) is 0 Å². The van der Waals surface area contributed by atoms with Gasteiger partial charge in [-0.2, -0.15) is 0 Å². The molecule has 0 aromatic heterocycles. The molecule has 0 fully saturated rings. The number of ether oxygens (including phenoxy) is 1. The Morgan fingerprint density at radius 1 is 1.12 bits per heavy atom. The van der Waals surface area contributed by atoms with Crippen molar-refractivity contribution < 1.29 is 14.3 Å². The van der Waals surface area contributed by atoms with Gasteiger partial charge < -0.3 is 15.4 Å². The van der Waals surface area contributed by atoms with Crippen LogP contribution in [0.4, 0.5) is 5.69 Å². The van der Waals surface area contributed by atoms with Crippen LogP contribution >= 0.6 is 0 Å². The molecular weight excluding hydrogens is 316 g/mol. The molecule has 0 bridgehead atoms. The Kier molecular flexibility index (Phi) is 6.57. The molecule has 2 amide bonds. The summed E-state index contributed by atoms with van der Waals surface area (Å²) in [5.74, 6) is 0.119. The van der Waals surface area contributed by atoms with E-state index in [2.05, 4.69) is 10.6 Å². The highest BCUT2D eigenvalue weighted by atomic mass is 16.5. The number of rotatable bonds is 7.